The van der Waals surface area contributed by atoms with Crippen LogP contribution in [0.2, 0.25) is 0 Å². The lowest BCUT2D eigenvalue weighted by Gasteiger charge is -2.48. The lowest BCUT2D eigenvalue weighted by Crippen LogP contribution is -2.63. The van der Waals surface area contributed by atoms with Gasteiger partial charge in [-0.15, -0.1) is 0 Å². The van der Waals surface area contributed by atoms with Crippen molar-refractivity contribution in [1.29, 1.82) is 0 Å². The summed E-state index contributed by atoms with van der Waals surface area (Å²) < 4.78 is 5.32. The van der Waals surface area contributed by atoms with Gasteiger partial charge in [0.25, 0.3) is 0 Å². The first-order valence-corrected chi connectivity index (χ1v) is 8.14. The number of rotatable bonds is 6. The van der Waals surface area contributed by atoms with Crippen LogP contribution in [0.3, 0.4) is 0 Å². The molecule has 118 valence electrons. The molecule has 1 heterocycles. The van der Waals surface area contributed by atoms with Crippen molar-refractivity contribution in [3.63, 3.8) is 0 Å². The molecule has 1 aromatic carbocycles. The molecule has 1 N–H and O–H groups in total. The predicted octanol–water partition coefficient (Wildman–Crippen LogP) is 2.87. The fraction of sp³-hybridized carbons (Fsp3) is 0.667. The topological polar surface area (TPSA) is 24.5 Å². The Kier molecular flexibility index (Phi) is 5.80. The van der Waals surface area contributed by atoms with Crippen LogP contribution in [-0.2, 0) is 10.3 Å². The maximum atomic E-state index is 5.32. The Labute approximate surface area is 129 Å². The van der Waals surface area contributed by atoms with E-state index in [0.717, 1.165) is 26.2 Å². The molecule has 0 radical (unpaired) electrons. The van der Waals surface area contributed by atoms with E-state index in [1.165, 1.54) is 12.0 Å². The highest BCUT2D eigenvalue weighted by Gasteiger charge is 2.38. The number of hydrogen-bond acceptors (Lipinski definition) is 3. The van der Waals surface area contributed by atoms with Crippen molar-refractivity contribution in [2.24, 2.45) is 5.92 Å². The van der Waals surface area contributed by atoms with Crippen molar-refractivity contribution < 1.29 is 4.74 Å². The maximum absolute atomic E-state index is 5.32. The summed E-state index contributed by atoms with van der Waals surface area (Å²) in [6.45, 7) is 10.9. The minimum Gasteiger partial charge on any atom is -0.383 e. The number of nitrogens with one attached hydrogen (secondary N) is 1. The molecule has 3 heteroatoms. The zero-order chi connectivity index (χ0) is 15.3. The monoisotopic (exact) mass is 290 g/mol. The van der Waals surface area contributed by atoms with E-state index in [1.54, 1.807) is 7.11 Å². The molecule has 1 fully saturated rings. The molecule has 0 saturated carbocycles. The van der Waals surface area contributed by atoms with Gasteiger partial charge in [0.15, 0.2) is 0 Å². The van der Waals surface area contributed by atoms with Crippen LogP contribution >= 0.6 is 0 Å². The number of nitrogens with zero attached hydrogens (tertiary/aromatic N) is 1. The Hall–Kier alpha value is -0.900. The maximum Gasteiger partial charge on any atom is 0.0589 e. The SMILES string of the molecule is CCC(C)C1CNC(C)(c2ccccc2)CN1CCOC. The molecule has 3 unspecified atom stereocenters. The zero-order valence-corrected chi connectivity index (χ0v) is 13.9. The fourth-order valence-corrected chi connectivity index (χ4v) is 3.32. The van der Waals surface area contributed by atoms with Crippen molar-refractivity contribution in [2.75, 3.05) is 33.4 Å². The average Bonchev–Trinajstić information content (AvgIpc) is 2.53. The zero-order valence-electron chi connectivity index (χ0n) is 13.9. The Morgan fingerprint density at radius 3 is 2.71 bits per heavy atom. The summed E-state index contributed by atoms with van der Waals surface area (Å²) in [5.41, 5.74) is 1.40. The van der Waals surface area contributed by atoms with E-state index >= 15 is 0 Å². The Balaban J connectivity index is 2.15. The number of piperazine rings is 1. The Morgan fingerprint density at radius 1 is 1.38 bits per heavy atom. The van der Waals surface area contributed by atoms with Crippen molar-refractivity contribution in [3.05, 3.63) is 35.9 Å². The summed E-state index contributed by atoms with van der Waals surface area (Å²) in [6, 6.07) is 11.4. The molecule has 0 spiro atoms. The van der Waals surface area contributed by atoms with Gasteiger partial charge in [-0.1, -0.05) is 50.6 Å². The van der Waals surface area contributed by atoms with Gasteiger partial charge in [-0.05, 0) is 18.4 Å². The van der Waals surface area contributed by atoms with Crippen molar-refractivity contribution >= 4 is 0 Å². The second kappa shape index (κ2) is 7.39. The normalized spacial score (nSPS) is 28.5. The van der Waals surface area contributed by atoms with Crippen LogP contribution in [0.4, 0.5) is 0 Å². The summed E-state index contributed by atoms with van der Waals surface area (Å²) in [5, 5.41) is 3.80. The minimum atomic E-state index is 0.0267. The molecule has 1 aliphatic rings. The Bertz CT molecular complexity index is 422. The molecule has 1 aromatic rings. The average molecular weight is 290 g/mol. The summed E-state index contributed by atoms with van der Waals surface area (Å²) >= 11 is 0. The van der Waals surface area contributed by atoms with Gasteiger partial charge in [0, 0.05) is 32.8 Å². The first-order valence-electron chi connectivity index (χ1n) is 8.14. The van der Waals surface area contributed by atoms with E-state index in [1.807, 2.05) is 0 Å². The summed E-state index contributed by atoms with van der Waals surface area (Å²) in [5.74, 6) is 0.703. The van der Waals surface area contributed by atoms with Crippen LogP contribution in [0.1, 0.15) is 32.8 Å². The van der Waals surface area contributed by atoms with Crippen LogP contribution in [-0.4, -0.2) is 44.3 Å². The van der Waals surface area contributed by atoms with Gasteiger partial charge in [0.1, 0.15) is 0 Å². The Morgan fingerprint density at radius 2 is 2.10 bits per heavy atom. The molecular formula is C18H30N2O. The van der Waals surface area contributed by atoms with Gasteiger partial charge in [-0.3, -0.25) is 4.90 Å². The number of hydrogen-bond donors (Lipinski definition) is 1. The quantitative estimate of drug-likeness (QED) is 0.872. The molecule has 0 aliphatic carbocycles. The van der Waals surface area contributed by atoms with Crippen LogP contribution in [0.25, 0.3) is 0 Å². The van der Waals surface area contributed by atoms with E-state index in [2.05, 4.69) is 61.3 Å². The second-order valence-electron chi connectivity index (χ2n) is 6.50. The highest BCUT2D eigenvalue weighted by atomic mass is 16.5. The number of benzene rings is 1. The predicted molar refractivity (Wildman–Crippen MR) is 88.5 cm³/mol. The fourth-order valence-electron chi connectivity index (χ4n) is 3.32. The summed E-state index contributed by atoms with van der Waals surface area (Å²) in [6.07, 6.45) is 1.22. The van der Waals surface area contributed by atoms with Gasteiger partial charge >= 0.3 is 0 Å². The van der Waals surface area contributed by atoms with E-state index in [4.69, 9.17) is 4.74 Å². The third-order valence-corrected chi connectivity index (χ3v) is 4.98. The van der Waals surface area contributed by atoms with Gasteiger partial charge in [-0.25, -0.2) is 0 Å². The van der Waals surface area contributed by atoms with E-state index in [-0.39, 0.29) is 5.54 Å². The van der Waals surface area contributed by atoms with E-state index in [0.29, 0.717) is 12.0 Å². The molecule has 1 aliphatic heterocycles. The first-order chi connectivity index (χ1) is 10.1. The van der Waals surface area contributed by atoms with Crippen molar-refractivity contribution in [2.45, 2.75) is 38.8 Å². The van der Waals surface area contributed by atoms with E-state index < -0.39 is 0 Å². The third kappa shape index (κ3) is 3.85. The lowest BCUT2D eigenvalue weighted by atomic mass is 9.85. The van der Waals surface area contributed by atoms with Gasteiger partial charge in [0.05, 0.1) is 12.1 Å². The second-order valence-corrected chi connectivity index (χ2v) is 6.50. The van der Waals surface area contributed by atoms with Crippen molar-refractivity contribution in [1.82, 2.24) is 10.2 Å². The van der Waals surface area contributed by atoms with E-state index in [9.17, 15) is 0 Å². The third-order valence-electron chi connectivity index (χ3n) is 4.98. The van der Waals surface area contributed by atoms with Crippen LogP contribution in [0.15, 0.2) is 30.3 Å². The molecule has 0 bridgehead atoms. The molecule has 2 rings (SSSR count). The summed E-state index contributed by atoms with van der Waals surface area (Å²) in [7, 11) is 1.79. The van der Waals surface area contributed by atoms with Crippen molar-refractivity contribution in [3.8, 4) is 0 Å². The van der Waals surface area contributed by atoms with Gasteiger partial charge in [-0.2, -0.15) is 0 Å². The molecule has 0 aromatic heterocycles. The first kappa shape index (κ1) is 16.5. The highest BCUT2D eigenvalue weighted by Crippen LogP contribution is 2.29. The number of ether oxygens (including phenoxy) is 1. The smallest absolute Gasteiger partial charge is 0.0589 e. The van der Waals surface area contributed by atoms with Crippen LogP contribution < -0.4 is 5.32 Å². The van der Waals surface area contributed by atoms with Crippen LogP contribution in [0.5, 0.6) is 0 Å². The largest absolute Gasteiger partial charge is 0.383 e. The molecule has 21 heavy (non-hydrogen) atoms. The molecular weight excluding hydrogens is 260 g/mol. The molecule has 3 nitrogen and oxygen atoms in total. The standard InChI is InChI=1S/C18H30N2O/c1-5-15(2)17-13-19-18(3,14-20(17)11-12-21-4)16-9-7-6-8-10-16/h6-10,15,17,19H,5,11-14H2,1-4H3. The minimum absolute atomic E-state index is 0.0267. The van der Waals surface area contributed by atoms with Gasteiger partial charge < -0.3 is 10.1 Å². The highest BCUT2D eigenvalue weighted by molar-refractivity contribution is 5.25. The lowest BCUT2D eigenvalue weighted by molar-refractivity contribution is 0.0342. The van der Waals surface area contributed by atoms with Gasteiger partial charge in [0.2, 0.25) is 0 Å². The summed E-state index contributed by atoms with van der Waals surface area (Å²) in [4.78, 5) is 2.61. The molecule has 3 atom stereocenters. The molecule has 1 saturated heterocycles. The number of methoxy groups -OCH3 is 1. The van der Waals surface area contributed by atoms with Crippen LogP contribution in [0, 0.1) is 5.92 Å². The molecule has 0 amide bonds.